The summed E-state index contributed by atoms with van der Waals surface area (Å²) in [7, 11) is 1.75. The lowest BCUT2D eigenvalue weighted by molar-refractivity contribution is -0.146. The molecule has 0 atom stereocenters. The van der Waals surface area contributed by atoms with E-state index in [4.69, 9.17) is 4.84 Å². The van der Waals surface area contributed by atoms with Crippen molar-refractivity contribution in [1.29, 1.82) is 0 Å². The second kappa shape index (κ2) is 3.90. The lowest BCUT2D eigenvalue weighted by atomic mass is 10.2. The average molecular weight is 177 g/mol. The molecule has 0 bridgehead atoms. The van der Waals surface area contributed by atoms with Gasteiger partial charge in [-0.3, -0.25) is 0 Å². The van der Waals surface area contributed by atoms with Crippen LogP contribution in [0.1, 0.15) is 18.4 Å². The van der Waals surface area contributed by atoms with Gasteiger partial charge in [-0.2, -0.15) is 5.06 Å². The first kappa shape index (κ1) is 8.73. The van der Waals surface area contributed by atoms with Crippen LogP contribution in [0.25, 0.3) is 0 Å². The van der Waals surface area contributed by atoms with E-state index in [0.29, 0.717) is 6.04 Å². The highest BCUT2D eigenvalue weighted by Crippen LogP contribution is 2.27. The van der Waals surface area contributed by atoms with Gasteiger partial charge >= 0.3 is 0 Å². The molecule has 70 valence electrons. The Morgan fingerprint density at radius 2 is 2.00 bits per heavy atom. The number of hydrogen-bond donors (Lipinski definition) is 0. The topological polar surface area (TPSA) is 12.5 Å². The molecule has 0 spiro atoms. The van der Waals surface area contributed by atoms with Crippen LogP contribution in [-0.4, -0.2) is 18.2 Å². The molecule has 0 unspecified atom stereocenters. The van der Waals surface area contributed by atoms with Crippen LogP contribution in [0.4, 0.5) is 0 Å². The van der Waals surface area contributed by atoms with Crippen molar-refractivity contribution in [3.8, 4) is 0 Å². The Bertz CT molecular complexity index is 256. The fourth-order valence-corrected chi connectivity index (χ4v) is 1.47. The molecule has 1 fully saturated rings. The zero-order valence-corrected chi connectivity index (χ0v) is 7.94. The first-order valence-electron chi connectivity index (χ1n) is 4.75. The Balaban J connectivity index is 1.95. The van der Waals surface area contributed by atoms with Crippen LogP contribution in [0.3, 0.4) is 0 Å². The summed E-state index contributed by atoms with van der Waals surface area (Å²) in [6.45, 7) is 0.905. The largest absolute Gasteiger partial charge is 0.302 e. The lowest BCUT2D eigenvalue weighted by Gasteiger charge is -2.18. The molecule has 0 saturated heterocycles. The van der Waals surface area contributed by atoms with E-state index in [-0.39, 0.29) is 0 Å². The van der Waals surface area contributed by atoms with Crippen molar-refractivity contribution in [2.45, 2.75) is 25.4 Å². The van der Waals surface area contributed by atoms with Crippen LogP contribution in [0, 0.1) is 0 Å². The number of nitrogens with zero attached hydrogens (tertiary/aromatic N) is 1. The zero-order valence-electron chi connectivity index (χ0n) is 7.94. The van der Waals surface area contributed by atoms with Gasteiger partial charge in [-0.25, -0.2) is 0 Å². The maximum absolute atomic E-state index is 5.31. The Morgan fingerprint density at radius 1 is 1.31 bits per heavy atom. The van der Waals surface area contributed by atoms with E-state index < -0.39 is 0 Å². The van der Waals surface area contributed by atoms with Crippen molar-refractivity contribution in [3.05, 3.63) is 35.9 Å². The van der Waals surface area contributed by atoms with Crippen LogP contribution in [0.5, 0.6) is 0 Å². The van der Waals surface area contributed by atoms with Crippen LogP contribution in [-0.2, 0) is 11.4 Å². The summed E-state index contributed by atoms with van der Waals surface area (Å²) in [6, 6.07) is 11.1. The molecule has 0 N–H and O–H groups in total. The highest BCUT2D eigenvalue weighted by atomic mass is 16.7. The van der Waals surface area contributed by atoms with E-state index in [2.05, 4.69) is 29.3 Å². The van der Waals surface area contributed by atoms with Crippen molar-refractivity contribution < 1.29 is 4.84 Å². The van der Waals surface area contributed by atoms with Gasteiger partial charge < -0.3 is 4.84 Å². The molecule has 0 amide bonds. The molecule has 2 rings (SSSR count). The minimum Gasteiger partial charge on any atom is -0.302 e. The summed E-state index contributed by atoms with van der Waals surface area (Å²) < 4.78 is 0. The highest BCUT2D eigenvalue weighted by molar-refractivity contribution is 5.14. The molecular formula is C11H15NO. The second-order valence-electron chi connectivity index (χ2n) is 3.47. The summed E-state index contributed by atoms with van der Waals surface area (Å²) in [4.78, 5) is 5.31. The smallest absolute Gasteiger partial charge is 0.0575 e. The first-order chi connectivity index (χ1) is 6.40. The van der Waals surface area contributed by atoms with Gasteiger partial charge in [-0.1, -0.05) is 30.3 Å². The van der Waals surface area contributed by atoms with Gasteiger partial charge in [0.25, 0.3) is 0 Å². The van der Waals surface area contributed by atoms with Crippen molar-refractivity contribution in [2.24, 2.45) is 0 Å². The van der Waals surface area contributed by atoms with Crippen LogP contribution < -0.4 is 0 Å². The van der Waals surface area contributed by atoms with Crippen molar-refractivity contribution in [1.82, 2.24) is 5.06 Å². The maximum atomic E-state index is 5.31. The Morgan fingerprint density at radius 3 is 2.54 bits per heavy atom. The Kier molecular flexibility index (Phi) is 2.62. The number of hydroxylamine groups is 2. The Labute approximate surface area is 79.1 Å². The van der Waals surface area contributed by atoms with Gasteiger partial charge in [0.2, 0.25) is 0 Å². The third kappa shape index (κ3) is 2.29. The van der Waals surface area contributed by atoms with Crippen LogP contribution >= 0.6 is 0 Å². The van der Waals surface area contributed by atoms with Crippen LogP contribution in [0.2, 0.25) is 0 Å². The van der Waals surface area contributed by atoms with E-state index in [9.17, 15) is 0 Å². The standard InChI is InChI=1S/C11H15NO/c1-13-12(11-7-8-11)9-10-5-3-2-4-6-10/h2-6,11H,7-9H2,1H3. The molecule has 0 heterocycles. The third-order valence-corrected chi connectivity index (χ3v) is 2.37. The first-order valence-corrected chi connectivity index (χ1v) is 4.75. The normalized spacial score (nSPS) is 16.5. The summed E-state index contributed by atoms with van der Waals surface area (Å²) in [5.74, 6) is 0. The fourth-order valence-electron chi connectivity index (χ4n) is 1.47. The fraction of sp³-hybridized carbons (Fsp3) is 0.455. The third-order valence-electron chi connectivity index (χ3n) is 2.37. The number of hydrogen-bond acceptors (Lipinski definition) is 2. The molecule has 1 aliphatic rings. The van der Waals surface area contributed by atoms with Crippen LogP contribution in [0.15, 0.2) is 30.3 Å². The molecule has 2 nitrogen and oxygen atoms in total. The SMILES string of the molecule is CON(Cc1ccccc1)C1CC1. The summed E-state index contributed by atoms with van der Waals surface area (Å²) in [5, 5.41) is 2.06. The molecule has 1 aromatic carbocycles. The minimum atomic E-state index is 0.658. The zero-order chi connectivity index (χ0) is 9.10. The van der Waals surface area contributed by atoms with Crippen molar-refractivity contribution in [3.63, 3.8) is 0 Å². The van der Waals surface area contributed by atoms with E-state index in [1.54, 1.807) is 7.11 Å². The van der Waals surface area contributed by atoms with E-state index in [0.717, 1.165) is 6.54 Å². The van der Waals surface area contributed by atoms with Gasteiger partial charge in [-0.15, -0.1) is 0 Å². The van der Waals surface area contributed by atoms with E-state index in [1.165, 1.54) is 18.4 Å². The molecule has 0 aliphatic heterocycles. The molecule has 1 saturated carbocycles. The second-order valence-corrected chi connectivity index (χ2v) is 3.47. The average Bonchev–Trinajstić information content (AvgIpc) is 2.99. The minimum absolute atomic E-state index is 0.658. The molecule has 13 heavy (non-hydrogen) atoms. The predicted octanol–water partition coefficient (Wildman–Crippen LogP) is 2.21. The summed E-state index contributed by atoms with van der Waals surface area (Å²) in [5.41, 5.74) is 1.32. The summed E-state index contributed by atoms with van der Waals surface area (Å²) >= 11 is 0. The van der Waals surface area contributed by atoms with Gasteiger partial charge in [0.05, 0.1) is 7.11 Å². The van der Waals surface area contributed by atoms with Gasteiger partial charge in [0, 0.05) is 12.6 Å². The summed E-state index contributed by atoms with van der Waals surface area (Å²) in [6.07, 6.45) is 2.56. The Hall–Kier alpha value is -0.860. The van der Waals surface area contributed by atoms with Gasteiger partial charge in [0.15, 0.2) is 0 Å². The number of benzene rings is 1. The van der Waals surface area contributed by atoms with Gasteiger partial charge in [-0.05, 0) is 18.4 Å². The van der Waals surface area contributed by atoms with Gasteiger partial charge in [0.1, 0.15) is 0 Å². The highest BCUT2D eigenvalue weighted by Gasteiger charge is 2.29. The molecule has 0 aromatic heterocycles. The lowest BCUT2D eigenvalue weighted by Crippen LogP contribution is -2.23. The molecular weight excluding hydrogens is 162 g/mol. The molecule has 1 aromatic rings. The number of rotatable bonds is 4. The predicted molar refractivity (Wildman–Crippen MR) is 52.0 cm³/mol. The van der Waals surface area contributed by atoms with Crippen molar-refractivity contribution >= 4 is 0 Å². The molecule has 2 heteroatoms. The van der Waals surface area contributed by atoms with Crippen molar-refractivity contribution in [2.75, 3.05) is 7.11 Å². The quantitative estimate of drug-likeness (QED) is 0.654. The maximum Gasteiger partial charge on any atom is 0.0575 e. The van der Waals surface area contributed by atoms with E-state index >= 15 is 0 Å². The monoisotopic (exact) mass is 177 g/mol. The molecule has 1 aliphatic carbocycles. The van der Waals surface area contributed by atoms with E-state index in [1.807, 2.05) is 6.07 Å². The molecule has 0 radical (unpaired) electrons.